The highest BCUT2D eigenvalue weighted by molar-refractivity contribution is 9.11. The summed E-state index contributed by atoms with van der Waals surface area (Å²) in [4.78, 5) is 24.1. The molecule has 0 radical (unpaired) electrons. The lowest BCUT2D eigenvalue weighted by molar-refractivity contribution is -0.123. The maximum absolute atomic E-state index is 12.1. The molecule has 0 spiro atoms. The van der Waals surface area contributed by atoms with Crippen molar-refractivity contribution in [1.29, 1.82) is 0 Å². The van der Waals surface area contributed by atoms with Gasteiger partial charge in [0.05, 0.1) is 4.47 Å². The van der Waals surface area contributed by atoms with Gasteiger partial charge in [-0.15, -0.1) is 0 Å². The Hall–Kier alpha value is -2.49. The van der Waals surface area contributed by atoms with Gasteiger partial charge in [-0.3, -0.25) is 25.8 Å². The predicted molar refractivity (Wildman–Crippen MR) is 127 cm³/mol. The van der Waals surface area contributed by atoms with E-state index in [0.717, 1.165) is 25.3 Å². The Balaban J connectivity index is 1.49. The molecule has 3 aromatic carbocycles. The summed E-state index contributed by atoms with van der Waals surface area (Å²) in [6, 6.07) is 16.6. The van der Waals surface area contributed by atoms with Gasteiger partial charge < -0.3 is 4.74 Å². The quantitative estimate of drug-likeness (QED) is 0.332. The average Bonchev–Trinajstić information content (AvgIpc) is 2.72. The van der Waals surface area contributed by atoms with Crippen molar-refractivity contribution in [2.24, 2.45) is 0 Å². The molecule has 0 aromatic heterocycles. The van der Waals surface area contributed by atoms with Crippen LogP contribution < -0.4 is 20.9 Å². The second-order valence-electron chi connectivity index (χ2n) is 6.35. The largest absolute Gasteiger partial charge is 0.483 e. The molecule has 0 bridgehead atoms. The van der Waals surface area contributed by atoms with E-state index in [-0.39, 0.29) is 17.6 Å². The number of fused-ring (bicyclic) bond motifs is 1. The summed E-state index contributed by atoms with van der Waals surface area (Å²) in [5.41, 5.74) is 6.39. The van der Waals surface area contributed by atoms with Crippen molar-refractivity contribution in [1.82, 2.24) is 16.2 Å². The molecule has 3 N–H and O–H groups in total. The number of aryl methyl sites for hydroxylation is 1. The first-order valence-electron chi connectivity index (χ1n) is 8.81. The van der Waals surface area contributed by atoms with E-state index in [0.29, 0.717) is 11.3 Å². The minimum atomic E-state index is -0.454. The Labute approximate surface area is 195 Å². The molecule has 0 aliphatic carbocycles. The topological polar surface area (TPSA) is 79.5 Å². The zero-order valence-corrected chi connectivity index (χ0v) is 19.8. The number of ether oxygens (including phenoxy) is 1. The van der Waals surface area contributed by atoms with Crippen molar-refractivity contribution < 1.29 is 14.3 Å². The fourth-order valence-corrected chi connectivity index (χ4v) is 3.70. The molecule has 0 aliphatic rings. The smallest absolute Gasteiger partial charge is 0.276 e. The third-order valence-corrected chi connectivity index (χ3v) is 5.61. The van der Waals surface area contributed by atoms with E-state index >= 15 is 0 Å². The van der Waals surface area contributed by atoms with Crippen LogP contribution in [0.4, 0.5) is 0 Å². The van der Waals surface area contributed by atoms with Gasteiger partial charge >= 0.3 is 0 Å². The Bertz CT molecular complexity index is 1120. The first-order chi connectivity index (χ1) is 14.3. The van der Waals surface area contributed by atoms with Gasteiger partial charge in [0.2, 0.25) is 0 Å². The lowest BCUT2D eigenvalue weighted by atomic mass is 10.1. The molecule has 9 heteroatoms. The second kappa shape index (κ2) is 10.0. The van der Waals surface area contributed by atoms with Gasteiger partial charge in [0, 0.05) is 10.0 Å². The lowest BCUT2D eigenvalue weighted by Crippen LogP contribution is -2.49. The normalized spacial score (nSPS) is 10.4. The minimum absolute atomic E-state index is 0.0219. The fraction of sp³-hybridized carbons (Fsp3) is 0.0952. The van der Waals surface area contributed by atoms with Crippen LogP contribution in [0.25, 0.3) is 10.8 Å². The lowest BCUT2D eigenvalue weighted by Gasteiger charge is -2.13. The van der Waals surface area contributed by atoms with Gasteiger partial charge in [0.1, 0.15) is 5.75 Å². The van der Waals surface area contributed by atoms with Crippen molar-refractivity contribution >= 4 is 71.8 Å². The summed E-state index contributed by atoms with van der Waals surface area (Å²) in [6.45, 7) is 1.70. The molecule has 0 fully saturated rings. The number of carbonyl (C=O) groups is 2. The van der Waals surface area contributed by atoms with Gasteiger partial charge in [0.15, 0.2) is 11.7 Å². The molecule has 30 heavy (non-hydrogen) atoms. The van der Waals surface area contributed by atoms with E-state index in [4.69, 9.17) is 17.0 Å². The van der Waals surface area contributed by atoms with E-state index in [9.17, 15) is 9.59 Å². The Morgan fingerprint density at radius 3 is 2.47 bits per heavy atom. The number of halogens is 2. The van der Waals surface area contributed by atoms with Gasteiger partial charge in [-0.05, 0) is 76.2 Å². The van der Waals surface area contributed by atoms with Crippen LogP contribution in [-0.2, 0) is 4.79 Å². The van der Waals surface area contributed by atoms with Gasteiger partial charge in [-0.25, -0.2) is 0 Å². The van der Waals surface area contributed by atoms with Crippen LogP contribution in [0.3, 0.4) is 0 Å². The molecular formula is C21H17Br2N3O3S. The average molecular weight is 551 g/mol. The van der Waals surface area contributed by atoms with E-state index in [1.807, 2.05) is 43.3 Å². The zero-order valence-electron chi connectivity index (χ0n) is 15.8. The second-order valence-corrected chi connectivity index (χ2v) is 8.47. The van der Waals surface area contributed by atoms with Crippen LogP contribution >= 0.6 is 44.1 Å². The van der Waals surface area contributed by atoms with Crippen LogP contribution in [0.2, 0.25) is 0 Å². The van der Waals surface area contributed by atoms with Crippen LogP contribution in [0.1, 0.15) is 15.9 Å². The summed E-state index contributed by atoms with van der Waals surface area (Å²) in [6.07, 6.45) is 0. The SMILES string of the molecule is Cc1ccc(C(=O)NC(=S)NNC(=O)COc2ccc3cc(Br)ccc3c2Br)cc1. The number of rotatable bonds is 4. The first-order valence-corrected chi connectivity index (χ1v) is 10.8. The minimum Gasteiger partial charge on any atom is -0.483 e. The Morgan fingerprint density at radius 2 is 1.73 bits per heavy atom. The van der Waals surface area contributed by atoms with Crippen molar-refractivity contribution in [3.8, 4) is 5.75 Å². The number of thiocarbonyl (C=S) groups is 1. The van der Waals surface area contributed by atoms with Crippen molar-refractivity contribution in [2.75, 3.05) is 6.61 Å². The summed E-state index contributed by atoms with van der Waals surface area (Å²) < 4.78 is 7.33. The highest BCUT2D eigenvalue weighted by Gasteiger charge is 2.11. The number of hydrogen-bond acceptors (Lipinski definition) is 4. The van der Waals surface area contributed by atoms with Crippen molar-refractivity contribution in [2.45, 2.75) is 6.92 Å². The molecule has 2 amide bonds. The molecule has 0 atom stereocenters. The highest BCUT2D eigenvalue weighted by atomic mass is 79.9. The fourth-order valence-electron chi connectivity index (χ4n) is 2.57. The molecule has 0 heterocycles. The van der Waals surface area contributed by atoms with E-state index in [1.165, 1.54) is 0 Å². The summed E-state index contributed by atoms with van der Waals surface area (Å²) in [5.74, 6) is -0.287. The van der Waals surface area contributed by atoms with Crippen LogP contribution in [-0.4, -0.2) is 23.5 Å². The van der Waals surface area contributed by atoms with E-state index in [2.05, 4.69) is 48.0 Å². The molecule has 154 valence electrons. The van der Waals surface area contributed by atoms with E-state index in [1.54, 1.807) is 18.2 Å². The number of carbonyl (C=O) groups excluding carboxylic acids is 2. The standard InChI is InChI=1S/C21H17Br2N3O3S/c1-12-2-4-13(5-3-12)20(28)24-21(30)26-25-18(27)11-29-17-9-6-14-10-15(22)7-8-16(14)19(17)23/h2-10H,11H2,1H3,(H,25,27)(H2,24,26,28,30). The molecular weight excluding hydrogens is 534 g/mol. The molecule has 0 saturated heterocycles. The molecule has 3 rings (SSSR count). The monoisotopic (exact) mass is 549 g/mol. The molecule has 0 saturated carbocycles. The van der Waals surface area contributed by atoms with Gasteiger partial charge in [-0.1, -0.05) is 45.8 Å². The maximum Gasteiger partial charge on any atom is 0.276 e. The summed E-state index contributed by atoms with van der Waals surface area (Å²) in [7, 11) is 0. The third kappa shape index (κ3) is 5.78. The van der Waals surface area contributed by atoms with Crippen LogP contribution in [0.5, 0.6) is 5.75 Å². The first kappa shape index (κ1) is 22.2. The zero-order chi connectivity index (χ0) is 21.7. The Morgan fingerprint density at radius 1 is 1.00 bits per heavy atom. The van der Waals surface area contributed by atoms with E-state index < -0.39 is 5.91 Å². The Kier molecular flexibility index (Phi) is 7.41. The van der Waals surface area contributed by atoms with Crippen LogP contribution in [0.15, 0.2) is 63.5 Å². The van der Waals surface area contributed by atoms with Crippen LogP contribution in [0, 0.1) is 6.92 Å². The molecule has 6 nitrogen and oxygen atoms in total. The third-order valence-electron chi connectivity index (χ3n) is 4.10. The number of nitrogens with one attached hydrogen (secondary N) is 3. The number of hydrogen-bond donors (Lipinski definition) is 3. The molecule has 0 aliphatic heterocycles. The molecule has 0 unspecified atom stereocenters. The number of benzene rings is 3. The summed E-state index contributed by atoms with van der Waals surface area (Å²) in [5, 5.41) is 4.47. The highest BCUT2D eigenvalue weighted by Crippen LogP contribution is 2.34. The number of hydrazine groups is 1. The van der Waals surface area contributed by atoms with Gasteiger partial charge in [-0.2, -0.15) is 0 Å². The molecule has 3 aromatic rings. The van der Waals surface area contributed by atoms with Crippen molar-refractivity contribution in [3.05, 3.63) is 74.7 Å². The van der Waals surface area contributed by atoms with Crippen molar-refractivity contribution in [3.63, 3.8) is 0 Å². The number of amides is 2. The summed E-state index contributed by atoms with van der Waals surface area (Å²) >= 11 is 12.0. The maximum atomic E-state index is 12.1. The predicted octanol–water partition coefficient (Wildman–Crippen LogP) is 4.39. The van der Waals surface area contributed by atoms with Gasteiger partial charge in [0.25, 0.3) is 11.8 Å².